The second kappa shape index (κ2) is 10.1. The molecule has 1 N–H and O–H groups in total. The van der Waals surface area contributed by atoms with Crippen molar-refractivity contribution >= 4 is 11.7 Å². The minimum atomic E-state index is -4.77. The van der Waals surface area contributed by atoms with Crippen LogP contribution in [0.2, 0.25) is 0 Å². The van der Waals surface area contributed by atoms with E-state index in [1.165, 1.54) is 6.07 Å². The SMILES string of the molecule is O=C(NCc1ccccc1OCF)c1nn(Cc2cccc(N3CCCC3)n2)cc1C(F)(F)F. The molecule has 3 aromatic rings. The number of para-hydroxylation sites is 1. The zero-order chi connectivity index (χ0) is 24.1. The third-order valence-electron chi connectivity index (χ3n) is 5.45. The standard InChI is InChI=1S/C23H23F4N5O2/c24-15-34-19-8-2-1-6-16(19)12-28-22(33)21-18(23(25,26)27)14-32(30-21)13-17-7-5-9-20(29-17)31-10-3-4-11-31/h1-2,5-9,14H,3-4,10-13,15H2,(H,28,33). The Morgan fingerprint density at radius 2 is 1.85 bits per heavy atom. The first-order valence-corrected chi connectivity index (χ1v) is 10.8. The zero-order valence-corrected chi connectivity index (χ0v) is 18.2. The molecule has 0 aliphatic carbocycles. The predicted octanol–water partition coefficient (Wildman–Crippen LogP) is 4.18. The monoisotopic (exact) mass is 477 g/mol. The van der Waals surface area contributed by atoms with Crippen molar-refractivity contribution in [1.29, 1.82) is 0 Å². The van der Waals surface area contributed by atoms with Crippen LogP contribution in [0.5, 0.6) is 5.75 Å². The van der Waals surface area contributed by atoms with Gasteiger partial charge in [0.15, 0.2) is 5.69 Å². The van der Waals surface area contributed by atoms with E-state index in [2.05, 4.69) is 20.3 Å². The van der Waals surface area contributed by atoms with Gasteiger partial charge in [0.2, 0.25) is 6.86 Å². The van der Waals surface area contributed by atoms with Gasteiger partial charge in [0.1, 0.15) is 17.1 Å². The van der Waals surface area contributed by atoms with Gasteiger partial charge in [-0.1, -0.05) is 24.3 Å². The Balaban J connectivity index is 1.52. The number of anilines is 1. The highest BCUT2D eigenvalue weighted by Crippen LogP contribution is 2.32. The number of pyridine rings is 1. The maximum atomic E-state index is 13.6. The summed E-state index contributed by atoms with van der Waals surface area (Å²) in [4.78, 5) is 19.3. The smallest absolute Gasteiger partial charge is 0.420 e. The number of hydrogen-bond donors (Lipinski definition) is 1. The number of nitrogens with one attached hydrogen (secondary N) is 1. The molecule has 34 heavy (non-hydrogen) atoms. The van der Waals surface area contributed by atoms with Gasteiger partial charge in [-0.3, -0.25) is 9.48 Å². The molecule has 0 atom stereocenters. The lowest BCUT2D eigenvalue weighted by atomic mass is 10.2. The maximum Gasteiger partial charge on any atom is 0.420 e. The average Bonchev–Trinajstić information content (AvgIpc) is 3.49. The summed E-state index contributed by atoms with van der Waals surface area (Å²) >= 11 is 0. The summed E-state index contributed by atoms with van der Waals surface area (Å²) in [6.07, 6.45) is -1.82. The van der Waals surface area contributed by atoms with Gasteiger partial charge in [-0.2, -0.15) is 18.3 Å². The quantitative estimate of drug-likeness (QED) is 0.493. The molecule has 1 saturated heterocycles. The second-order valence-electron chi connectivity index (χ2n) is 7.81. The first-order chi connectivity index (χ1) is 16.3. The van der Waals surface area contributed by atoms with Crippen molar-refractivity contribution in [1.82, 2.24) is 20.1 Å². The number of carbonyl (C=O) groups excluding carboxylic acids is 1. The van der Waals surface area contributed by atoms with Crippen molar-refractivity contribution in [2.45, 2.75) is 32.1 Å². The van der Waals surface area contributed by atoms with E-state index in [-0.39, 0.29) is 18.8 Å². The molecule has 7 nitrogen and oxygen atoms in total. The first-order valence-electron chi connectivity index (χ1n) is 10.8. The number of carbonyl (C=O) groups is 1. The van der Waals surface area contributed by atoms with Gasteiger partial charge in [-0.15, -0.1) is 0 Å². The Morgan fingerprint density at radius 3 is 2.59 bits per heavy atom. The lowest BCUT2D eigenvalue weighted by Crippen LogP contribution is -2.26. The Morgan fingerprint density at radius 1 is 1.09 bits per heavy atom. The summed E-state index contributed by atoms with van der Waals surface area (Å²) in [6, 6.07) is 11.7. The molecule has 1 amide bonds. The summed E-state index contributed by atoms with van der Waals surface area (Å²) in [5, 5.41) is 6.32. The van der Waals surface area contributed by atoms with Gasteiger partial charge in [0, 0.05) is 31.4 Å². The largest absolute Gasteiger partial charge is 0.463 e. The van der Waals surface area contributed by atoms with Crippen LogP contribution in [0.3, 0.4) is 0 Å². The molecule has 0 spiro atoms. The maximum absolute atomic E-state index is 13.6. The Labute approximate surface area is 193 Å². The number of aromatic nitrogens is 3. The van der Waals surface area contributed by atoms with Crippen molar-refractivity contribution < 1.29 is 27.1 Å². The van der Waals surface area contributed by atoms with E-state index in [0.717, 1.165) is 42.6 Å². The Bertz CT molecular complexity index is 1140. The van der Waals surface area contributed by atoms with E-state index >= 15 is 0 Å². The van der Waals surface area contributed by atoms with Crippen LogP contribution in [-0.4, -0.2) is 40.6 Å². The second-order valence-corrected chi connectivity index (χ2v) is 7.81. The minimum absolute atomic E-state index is 0.0226. The third kappa shape index (κ3) is 5.46. The summed E-state index contributed by atoms with van der Waals surface area (Å²) in [5.41, 5.74) is -0.935. The molecule has 0 bridgehead atoms. The third-order valence-corrected chi connectivity index (χ3v) is 5.45. The fourth-order valence-corrected chi connectivity index (χ4v) is 3.83. The van der Waals surface area contributed by atoms with Gasteiger partial charge in [0.25, 0.3) is 5.91 Å². The topological polar surface area (TPSA) is 72.3 Å². The molecule has 0 unspecified atom stereocenters. The van der Waals surface area contributed by atoms with Crippen LogP contribution in [0.25, 0.3) is 0 Å². The van der Waals surface area contributed by atoms with E-state index in [9.17, 15) is 22.4 Å². The van der Waals surface area contributed by atoms with Crippen LogP contribution in [0.4, 0.5) is 23.4 Å². The van der Waals surface area contributed by atoms with E-state index < -0.39 is 30.2 Å². The predicted molar refractivity (Wildman–Crippen MR) is 116 cm³/mol. The van der Waals surface area contributed by atoms with Gasteiger partial charge >= 0.3 is 6.18 Å². The fourth-order valence-electron chi connectivity index (χ4n) is 3.83. The van der Waals surface area contributed by atoms with Crippen molar-refractivity contribution in [2.24, 2.45) is 0 Å². The summed E-state index contributed by atoms with van der Waals surface area (Å²) in [7, 11) is 0. The number of hydrogen-bond acceptors (Lipinski definition) is 5. The molecule has 3 heterocycles. The number of ether oxygens (including phenoxy) is 1. The van der Waals surface area contributed by atoms with Crippen molar-refractivity contribution in [3.05, 3.63) is 71.2 Å². The summed E-state index contributed by atoms with van der Waals surface area (Å²) in [6.45, 7) is 0.533. The molecular formula is C23H23F4N5O2. The van der Waals surface area contributed by atoms with Crippen molar-refractivity contribution in [2.75, 3.05) is 24.9 Å². The molecule has 1 aliphatic heterocycles. The van der Waals surface area contributed by atoms with Gasteiger partial charge in [0.05, 0.1) is 12.2 Å². The highest BCUT2D eigenvalue weighted by molar-refractivity contribution is 5.93. The highest BCUT2D eigenvalue weighted by atomic mass is 19.4. The van der Waals surface area contributed by atoms with E-state index in [0.29, 0.717) is 11.3 Å². The van der Waals surface area contributed by atoms with Crippen LogP contribution in [0, 0.1) is 0 Å². The van der Waals surface area contributed by atoms with Crippen LogP contribution in [0.1, 0.15) is 40.2 Å². The molecule has 4 rings (SSSR count). The van der Waals surface area contributed by atoms with Crippen LogP contribution >= 0.6 is 0 Å². The summed E-state index contributed by atoms with van der Waals surface area (Å²) in [5.74, 6) is -0.0407. The van der Waals surface area contributed by atoms with Crippen molar-refractivity contribution in [3.63, 3.8) is 0 Å². The lowest BCUT2D eigenvalue weighted by Gasteiger charge is -2.16. The number of halogens is 4. The van der Waals surface area contributed by atoms with Gasteiger partial charge < -0.3 is 15.0 Å². The lowest BCUT2D eigenvalue weighted by molar-refractivity contribution is -0.138. The average molecular weight is 477 g/mol. The number of rotatable bonds is 8. The number of alkyl halides is 4. The zero-order valence-electron chi connectivity index (χ0n) is 18.2. The highest BCUT2D eigenvalue weighted by Gasteiger charge is 2.38. The van der Waals surface area contributed by atoms with Crippen LogP contribution in [-0.2, 0) is 19.3 Å². The first kappa shape index (κ1) is 23.5. The number of amides is 1. The molecule has 1 aliphatic rings. The van der Waals surface area contributed by atoms with Crippen LogP contribution < -0.4 is 15.0 Å². The molecule has 11 heteroatoms. The minimum Gasteiger partial charge on any atom is -0.463 e. The van der Waals surface area contributed by atoms with E-state index in [4.69, 9.17) is 4.74 Å². The molecule has 180 valence electrons. The molecule has 1 fully saturated rings. The van der Waals surface area contributed by atoms with Gasteiger partial charge in [-0.05, 0) is 31.0 Å². The van der Waals surface area contributed by atoms with Gasteiger partial charge in [-0.25, -0.2) is 9.37 Å². The van der Waals surface area contributed by atoms with E-state index in [1.807, 2.05) is 6.07 Å². The molecule has 2 aromatic heterocycles. The van der Waals surface area contributed by atoms with Crippen molar-refractivity contribution in [3.8, 4) is 5.75 Å². The normalized spacial score (nSPS) is 13.8. The Hall–Kier alpha value is -3.63. The molecule has 0 radical (unpaired) electrons. The van der Waals surface area contributed by atoms with Crippen LogP contribution in [0.15, 0.2) is 48.7 Å². The Kier molecular flexibility index (Phi) is 6.99. The summed E-state index contributed by atoms with van der Waals surface area (Å²) < 4.78 is 59.4. The molecule has 0 saturated carbocycles. The van der Waals surface area contributed by atoms with E-state index in [1.54, 1.807) is 30.3 Å². The molecular weight excluding hydrogens is 454 g/mol. The fraction of sp³-hybridized carbons (Fsp3) is 0.348. The number of nitrogens with zero attached hydrogens (tertiary/aromatic N) is 4. The molecule has 1 aromatic carbocycles. The number of benzene rings is 1.